The van der Waals surface area contributed by atoms with Gasteiger partial charge in [-0.1, -0.05) is 11.6 Å². The van der Waals surface area contributed by atoms with Gasteiger partial charge in [-0.15, -0.1) is 0 Å². The van der Waals surface area contributed by atoms with Gasteiger partial charge in [0.25, 0.3) is 11.7 Å². The summed E-state index contributed by atoms with van der Waals surface area (Å²) in [5.41, 5.74) is 0.640. The molecule has 1 aliphatic rings. The highest BCUT2D eigenvalue weighted by molar-refractivity contribution is 6.52. The van der Waals surface area contributed by atoms with Crippen LogP contribution in [-0.4, -0.2) is 41.1 Å². The second-order valence-corrected chi connectivity index (χ2v) is 7.59. The number of pyridine rings is 1. The summed E-state index contributed by atoms with van der Waals surface area (Å²) in [5, 5.41) is 21.9. The van der Waals surface area contributed by atoms with E-state index in [2.05, 4.69) is 4.98 Å². The highest BCUT2D eigenvalue weighted by Gasteiger charge is 2.47. The van der Waals surface area contributed by atoms with Crippen molar-refractivity contribution in [2.24, 2.45) is 0 Å². The minimum Gasteiger partial charge on any atom is -0.507 e. The summed E-state index contributed by atoms with van der Waals surface area (Å²) >= 11 is 6.10. The highest BCUT2D eigenvalue weighted by atomic mass is 35.5. The number of anilines is 1. The van der Waals surface area contributed by atoms with E-state index in [0.717, 1.165) is 4.90 Å². The average molecular weight is 467 g/mol. The third kappa shape index (κ3) is 3.85. The molecule has 2 aromatic carbocycles. The van der Waals surface area contributed by atoms with Gasteiger partial charge in [-0.25, -0.2) is 0 Å². The third-order valence-electron chi connectivity index (χ3n) is 5.32. The second kappa shape index (κ2) is 8.84. The summed E-state index contributed by atoms with van der Waals surface area (Å²) in [6.45, 7) is 0. The summed E-state index contributed by atoms with van der Waals surface area (Å²) < 4.78 is 10.5. The van der Waals surface area contributed by atoms with Gasteiger partial charge in [-0.2, -0.15) is 0 Å². The Kier molecular flexibility index (Phi) is 5.93. The molecule has 1 unspecified atom stereocenters. The molecule has 4 rings (SSSR count). The molecule has 8 nitrogen and oxygen atoms in total. The number of aliphatic hydroxyl groups excluding tert-OH is 1. The first-order valence-electron chi connectivity index (χ1n) is 9.79. The number of aliphatic hydroxyl groups is 1. The smallest absolute Gasteiger partial charge is 0.300 e. The number of nitrogens with zero attached hydrogens (tertiary/aromatic N) is 2. The lowest BCUT2D eigenvalue weighted by atomic mass is 9.95. The van der Waals surface area contributed by atoms with Gasteiger partial charge in [-0.3, -0.25) is 19.5 Å². The van der Waals surface area contributed by atoms with Crippen LogP contribution in [0, 0.1) is 0 Å². The Balaban J connectivity index is 1.96. The van der Waals surface area contributed by atoms with Crippen molar-refractivity contribution < 1.29 is 29.3 Å². The van der Waals surface area contributed by atoms with Gasteiger partial charge in [0.1, 0.15) is 11.5 Å². The number of phenolic OH excluding ortho intramolecular Hbond substituents is 1. The predicted octanol–water partition coefficient (Wildman–Crippen LogP) is 4.08. The number of carbonyl (C=O) groups excluding carboxylic acids is 2. The number of ketones is 1. The Morgan fingerprint density at radius 1 is 1.00 bits per heavy atom. The van der Waals surface area contributed by atoms with Gasteiger partial charge in [-0.05, 0) is 54.1 Å². The van der Waals surface area contributed by atoms with Crippen LogP contribution in [0.15, 0.2) is 66.5 Å². The fourth-order valence-corrected chi connectivity index (χ4v) is 3.94. The first-order valence-corrected chi connectivity index (χ1v) is 10.2. The summed E-state index contributed by atoms with van der Waals surface area (Å²) in [6, 6.07) is 11.0. The van der Waals surface area contributed by atoms with Crippen LogP contribution < -0.4 is 14.4 Å². The summed E-state index contributed by atoms with van der Waals surface area (Å²) in [4.78, 5) is 31.4. The molecular weight excluding hydrogens is 448 g/mol. The van der Waals surface area contributed by atoms with Crippen molar-refractivity contribution in [1.82, 2.24) is 4.98 Å². The van der Waals surface area contributed by atoms with Gasteiger partial charge in [0.05, 0.1) is 31.5 Å². The molecule has 168 valence electrons. The van der Waals surface area contributed by atoms with Gasteiger partial charge < -0.3 is 19.7 Å². The molecule has 1 atom stereocenters. The molecule has 0 aliphatic carbocycles. The maximum atomic E-state index is 13.2. The molecule has 0 bridgehead atoms. The zero-order valence-corrected chi connectivity index (χ0v) is 18.4. The van der Waals surface area contributed by atoms with E-state index in [1.165, 1.54) is 50.9 Å². The molecule has 2 N–H and O–H groups in total. The molecule has 33 heavy (non-hydrogen) atoms. The maximum absolute atomic E-state index is 13.2. The van der Waals surface area contributed by atoms with Crippen LogP contribution in [0.25, 0.3) is 5.76 Å². The lowest BCUT2D eigenvalue weighted by Gasteiger charge is -2.26. The zero-order valence-electron chi connectivity index (χ0n) is 17.7. The van der Waals surface area contributed by atoms with E-state index < -0.39 is 23.5 Å². The van der Waals surface area contributed by atoms with Gasteiger partial charge in [0.2, 0.25) is 0 Å². The van der Waals surface area contributed by atoms with Crippen molar-refractivity contribution in [3.8, 4) is 17.2 Å². The van der Waals surface area contributed by atoms with Crippen LogP contribution in [0.1, 0.15) is 17.2 Å². The normalized spacial score (nSPS) is 17.3. The zero-order chi connectivity index (χ0) is 23.7. The molecular formula is C24H19ClN2O6. The molecule has 1 aromatic heterocycles. The Morgan fingerprint density at radius 2 is 1.70 bits per heavy atom. The van der Waals surface area contributed by atoms with Gasteiger partial charge in [0, 0.05) is 23.0 Å². The predicted molar refractivity (Wildman–Crippen MR) is 122 cm³/mol. The number of aromatic nitrogens is 1. The van der Waals surface area contributed by atoms with E-state index in [4.69, 9.17) is 21.1 Å². The number of ether oxygens (including phenoxy) is 2. The average Bonchev–Trinajstić information content (AvgIpc) is 3.10. The number of amides is 1. The molecule has 0 saturated carbocycles. The number of Topliss-reactive ketones (excluding diaryl/α,β-unsaturated/α-hetero) is 1. The first-order chi connectivity index (χ1) is 15.9. The van der Waals surface area contributed by atoms with Crippen molar-refractivity contribution in [2.45, 2.75) is 6.04 Å². The summed E-state index contributed by atoms with van der Waals surface area (Å²) in [7, 11) is 2.92. The number of halogens is 1. The number of hydrogen-bond donors (Lipinski definition) is 2. The largest absolute Gasteiger partial charge is 0.507 e. The molecule has 1 fully saturated rings. The molecule has 1 amide bonds. The fourth-order valence-electron chi connectivity index (χ4n) is 3.77. The van der Waals surface area contributed by atoms with E-state index in [9.17, 15) is 19.8 Å². The summed E-state index contributed by atoms with van der Waals surface area (Å²) in [5.74, 6) is -1.71. The SMILES string of the molecule is COc1ccc(/C(O)=C2\C(=O)C(=O)N(c3cc(Cl)ccc3O)C2c2ccncc2)cc1OC. The second-order valence-electron chi connectivity index (χ2n) is 7.15. The number of hydrogen-bond acceptors (Lipinski definition) is 7. The Hall–Kier alpha value is -4.04. The maximum Gasteiger partial charge on any atom is 0.300 e. The van der Waals surface area contributed by atoms with Crippen LogP contribution >= 0.6 is 11.6 Å². The number of rotatable bonds is 5. The molecule has 2 heterocycles. The molecule has 0 radical (unpaired) electrons. The van der Waals surface area contributed by atoms with E-state index in [-0.39, 0.29) is 27.6 Å². The number of benzene rings is 2. The number of phenols is 1. The number of carbonyl (C=O) groups is 2. The molecule has 1 saturated heterocycles. The highest BCUT2D eigenvalue weighted by Crippen LogP contribution is 2.45. The van der Waals surface area contributed by atoms with E-state index in [0.29, 0.717) is 17.1 Å². The van der Waals surface area contributed by atoms with Crippen molar-refractivity contribution >= 4 is 34.7 Å². The molecule has 3 aromatic rings. The standard InChI is InChI=1S/C24H19ClN2O6/c1-32-18-6-3-14(11-19(18)33-2)22(29)20-21(13-7-9-26-10-8-13)27(24(31)23(20)30)16-12-15(25)4-5-17(16)28/h3-12,21,28-29H,1-2H3/b22-20+. The fraction of sp³-hybridized carbons (Fsp3) is 0.125. The lowest BCUT2D eigenvalue weighted by molar-refractivity contribution is -0.132. The number of aromatic hydroxyl groups is 1. The molecule has 0 spiro atoms. The van der Waals surface area contributed by atoms with Crippen LogP contribution in [0.5, 0.6) is 17.2 Å². The Bertz CT molecular complexity index is 1280. The van der Waals surface area contributed by atoms with E-state index in [1.54, 1.807) is 24.3 Å². The Labute approximate surface area is 194 Å². The van der Waals surface area contributed by atoms with Crippen LogP contribution in [0.3, 0.4) is 0 Å². The van der Waals surface area contributed by atoms with Gasteiger partial charge in [0.15, 0.2) is 11.5 Å². The minimum atomic E-state index is -1.04. The lowest BCUT2D eigenvalue weighted by Crippen LogP contribution is -2.29. The minimum absolute atomic E-state index is 0.0396. The van der Waals surface area contributed by atoms with E-state index >= 15 is 0 Å². The monoisotopic (exact) mass is 466 g/mol. The van der Waals surface area contributed by atoms with Crippen LogP contribution in [-0.2, 0) is 9.59 Å². The van der Waals surface area contributed by atoms with Crippen molar-refractivity contribution in [3.05, 3.63) is 82.6 Å². The van der Waals surface area contributed by atoms with Crippen molar-refractivity contribution in [2.75, 3.05) is 19.1 Å². The van der Waals surface area contributed by atoms with Crippen LogP contribution in [0.2, 0.25) is 5.02 Å². The summed E-state index contributed by atoms with van der Waals surface area (Å²) in [6.07, 6.45) is 3.01. The molecule has 9 heteroatoms. The quantitative estimate of drug-likeness (QED) is 0.331. The Morgan fingerprint density at radius 3 is 2.36 bits per heavy atom. The van der Waals surface area contributed by atoms with Crippen molar-refractivity contribution in [3.63, 3.8) is 0 Å². The van der Waals surface area contributed by atoms with Crippen molar-refractivity contribution in [1.29, 1.82) is 0 Å². The third-order valence-corrected chi connectivity index (χ3v) is 5.56. The number of methoxy groups -OCH3 is 2. The first kappa shape index (κ1) is 22.2. The topological polar surface area (TPSA) is 109 Å². The van der Waals surface area contributed by atoms with Crippen LogP contribution in [0.4, 0.5) is 5.69 Å². The van der Waals surface area contributed by atoms with Gasteiger partial charge >= 0.3 is 0 Å². The molecule has 1 aliphatic heterocycles. The van der Waals surface area contributed by atoms with E-state index in [1.807, 2.05) is 0 Å².